The lowest BCUT2D eigenvalue weighted by molar-refractivity contribution is 0.0947. The lowest BCUT2D eigenvalue weighted by atomic mass is 10.0. The molecule has 8 heteroatoms. The zero-order valence-corrected chi connectivity index (χ0v) is 16.2. The number of nitrogens with one attached hydrogen (secondary N) is 1. The maximum absolute atomic E-state index is 12.7. The number of nitrogens with zero attached hydrogens (tertiary/aromatic N) is 6. The number of hydrogen-bond donors (Lipinski definition) is 1. The fourth-order valence-corrected chi connectivity index (χ4v) is 4.23. The third kappa shape index (κ3) is 2.70. The minimum Gasteiger partial charge on any atom is -0.351 e. The van der Waals surface area contributed by atoms with Crippen molar-refractivity contribution in [2.24, 2.45) is 7.05 Å². The van der Waals surface area contributed by atoms with Gasteiger partial charge >= 0.3 is 0 Å². The summed E-state index contributed by atoms with van der Waals surface area (Å²) in [5.74, 6) is 0.364. The highest BCUT2D eigenvalue weighted by atomic mass is 16.1. The first-order valence-electron chi connectivity index (χ1n) is 10.1. The first kappa shape index (κ1) is 16.6. The molecule has 2 aliphatic carbocycles. The van der Waals surface area contributed by atoms with Gasteiger partial charge in [0.05, 0.1) is 34.5 Å². The van der Waals surface area contributed by atoms with Gasteiger partial charge in [0.25, 0.3) is 5.91 Å². The van der Waals surface area contributed by atoms with Crippen LogP contribution in [0.15, 0.2) is 24.7 Å². The quantitative estimate of drug-likeness (QED) is 0.690. The Morgan fingerprint density at radius 2 is 2.03 bits per heavy atom. The largest absolute Gasteiger partial charge is 0.351 e. The summed E-state index contributed by atoms with van der Waals surface area (Å²) >= 11 is 0. The van der Waals surface area contributed by atoms with Crippen LogP contribution >= 0.6 is 0 Å². The predicted molar refractivity (Wildman–Crippen MR) is 106 cm³/mol. The van der Waals surface area contributed by atoms with E-state index in [2.05, 4.69) is 27.7 Å². The molecule has 3 aliphatic rings. The number of allylic oxidation sites excluding steroid dienone is 1. The van der Waals surface area contributed by atoms with E-state index in [9.17, 15) is 4.79 Å². The van der Waals surface area contributed by atoms with Crippen molar-refractivity contribution in [3.8, 4) is 11.3 Å². The normalized spacial score (nSPS) is 18.1. The molecule has 4 heterocycles. The smallest absolute Gasteiger partial charge is 0.272 e. The Labute approximate surface area is 167 Å². The molecular formula is C21H21N7O. The van der Waals surface area contributed by atoms with Crippen LogP contribution in [0.25, 0.3) is 16.8 Å². The van der Waals surface area contributed by atoms with Gasteiger partial charge in [-0.1, -0.05) is 6.08 Å². The summed E-state index contributed by atoms with van der Waals surface area (Å²) in [4.78, 5) is 22.3. The molecule has 1 fully saturated rings. The standard InChI is InChI=1S/C21H21N7O/c1-27-10-15-17-9-23-16-6-5-13(19(16)24-17)14-11-28(26-18(14)12-3-4-12)8-2-7-22-21(29)20(15)25-27/h5,9-12H,2-4,6-8H2,1H3,(H,22,29). The van der Waals surface area contributed by atoms with Gasteiger partial charge in [-0.25, -0.2) is 4.98 Å². The highest BCUT2D eigenvalue weighted by molar-refractivity contribution is 5.98. The second-order valence-corrected chi connectivity index (χ2v) is 8.01. The summed E-state index contributed by atoms with van der Waals surface area (Å²) in [6.45, 7) is 1.34. The van der Waals surface area contributed by atoms with Crippen molar-refractivity contribution in [3.63, 3.8) is 0 Å². The number of fused-ring (bicyclic) bond motifs is 6. The van der Waals surface area contributed by atoms with Crippen molar-refractivity contribution < 1.29 is 4.79 Å². The summed E-state index contributed by atoms with van der Waals surface area (Å²) in [5, 5.41) is 12.2. The van der Waals surface area contributed by atoms with Gasteiger partial charge in [-0.15, -0.1) is 0 Å². The molecule has 0 radical (unpaired) electrons. The van der Waals surface area contributed by atoms with Crippen LogP contribution in [-0.4, -0.2) is 42.0 Å². The molecule has 0 aromatic carbocycles. The van der Waals surface area contributed by atoms with Crippen LogP contribution in [0, 0.1) is 0 Å². The van der Waals surface area contributed by atoms with E-state index in [1.165, 1.54) is 24.1 Å². The number of hydrogen-bond acceptors (Lipinski definition) is 5. The van der Waals surface area contributed by atoms with E-state index in [0.717, 1.165) is 36.3 Å². The van der Waals surface area contributed by atoms with Crippen LogP contribution in [0.2, 0.25) is 0 Å². The number of amides is 1. The van der Waals surface area contributed by atoms with Crippen LogP contribution in [-0.2, 0) is 20.0 Å². The van der Waals surface area contributed by atoms with Crippen molar-refractivity contribution in [1.29, 1.82) is 0 Å². The van der Waals surface area contributed by atoms with Crippen molar-refractivity contribution >= 4 is 11.5 Å². The number of carbonyl (C=O) groups excluding carboxylic acids is 1. The average Bonchev–Trinajstić information content (AvgIpc) is 3.16. The monoisotopic (exact) mass is 387 g/mol. The summed E-state index contributed by atoms with van der Waals surface area (Å²) < 4.78 is 3.67. The molecule has 1 N–H and O–H groups in total. The van der Waals surface area contributed by atoms with E-state index >= 15 is 0 Å². The summed E-state index contributed by atoms with van der Waals surface area (Å²) in [6, 6.07) is 0. The highest BCUT2D eigenvalue weighted by Gasteiger charge is 2.33. The molecule has 1 saturated carbocycles. The SMILES string of the molecule is Cn1cc2c(n1)C(=O)NCCCn1cc(c(C3CC3)n1)C1=CCc3ncc-2nc31. The fraction of sp³-hybridized carbons (Fsp3) is 0.381. The Morgan fingerprint density at radius 1 is 1.14 bits per heavy atom. The predicted octanol–water partition coefficient (Wildman–Crippen LogP) is 2.07. The molecule has 8 nitrogen and oxygen atoms in total. The average molecular weight is 387 g/mol. The Hall–Kier alpha value is -3.29. The topological polar surface area (TPSA) is 90.5 Å². The molecule has 0 atom stereocenters. The van der Waals surface area contributed by atoms with Crippen molar-refractivity contribution in [2.45, 2.75) is 38.1 Å². The molecule has 1 aliphatic heterocycles. The van der Waals surface area contributed by atoms with E-state index < -0.39 is 0 Å². The van der Waals surface area contributed by atoms with Crippen LogP contribution < -0.4 is 5.32 Å². The van der Waals surface area contributed by atoms with E-state index in [4.69, 9.17) is 10.1 Å². The zero-order valence-electron chi connectivity index (χ0n) is 16.2. The lowest BCUT2D eigenvalue weighted by Crippen LogP contribution is -2.26. The third-order valence-corrected chi connectivity index (χ3v) is 5.82. The summed E-state index contributed by atoms with van der Waals surface area (Å²) in [6.07, 6.45) is 11.9. The highest BCUT2D eigenvalue weighted by Crippen LogP contribution is 2.44. The van der Waals surface area contributed by atoms with E-state index in [1.807, 2.05) is 17.9 Å². The molecular weight excluding hydrogens is 366 g/mol. The number of aryl methyl sites for hydroxylation is 2. The number of aromatic nitrogens is 6. The lowest BCUT2D eigenvalue weighted by Gasteiger charge is -2.09. The van der Waals surface area contributed by atoms with Crippen LogP contribution in [0.5, 0.6) is 0 Å². The van der Waals surface area contributed by atoms with E-state index in [1.54, 1.807) is 10.9 Å². The minimum atomic E-state index is -0.185. The summed E-state index contributed by atoms with van der Waals surface area (Å²) in [7, 11) is 1.82. The third-order valence-electron chi connectivity index (χ3n) is 5.82. The summed E-state index contributed by atoms with van der Waals surface area (Å²) in [5.41, 5.74) is 7.13. The van der Waals surface area contributed by atoms with Crippen molar-refractivity contribution in [2.75, 3.05) is 6.54 Å². The number of carbonyl (C=O) groups is 1. The van der Waals surface area contributed by atoms with E-state index in [-0.39, 0.29) is 5.91 Å². The van der Waals surface area contributed by atoms with Gasteiger partial charge in [0.1, 0.15) is 0 Å². The van der Waals surface area contributed by atoms with Gasteiger partial charge in [0.2, 0.25) is 0 Å². The first-order chi connectivity index (χ1) is 14.2. The van der Waals surface area contributed by atoms with Gasteiger partial charge < -0.3 is 5.32 Å². The molecule has 0 saturated heterocycles. The molecule has 0 spiro atoms. The molecule has 3 aromatic rings. The molecule has 29 heavy (non-hydrogen) atoms. The molecule has 6 rings (SSSR count). The molecule has 1 amide bonds. The fourth-order valence-electron chi connectivity index (χ4n) is 4.23. The van der Waals surface area contributed by atoms with Crippen molar-refractivity contribution in [3.05, 3.63) is 53.0 Å². The zero-order chi connectivity index (χ0) is 19.5. The van der Waals surface area contributed by atoms with E-state index in [0.29, 0.717) is 29.4 Å². The van der Waals surface area contributed by atoms with Crippen LogP contribution in [0.3, 0.4) is 0 Å². The molecule has 0 unspecified atom stereocenters. The maximum Gasteiger partial charge on any atom is 0.272 e. The van der Waals surface area contributed by atoms with Gasteiger partial charge in [-0.3, -0.25) is 19.1 Å². The van der Waals surface area contributed by atoms with Crippen molar-refractivity contribution in [1.82, 2.24) is 34.8 Å². The number of rotatable bonds is 1. The first-order valence-corrected chi connectivity index (χ1v) is 10.1. The van der Waals surface area contributed by atoms with Crippen LogP contribution in [0.1, 0.15) is 58.3 Å². The Bertz CT molecular complexity index is 1180. The van der Waals surface area contributed by atoms with Gasteiger partial charge in [0.15, 0.2) is 5.69 Å². The van der Waals surface area contributed by atoms with Gasteiger partial charge in [-0.05, 0) is 19.3 Å². The molecule has 146 valence electrons. The molecule has 4 bridgehead atoms. The Kier molecular flexibility index (Phi) is 3.50. The maximum atomic E-state index is 12.7. The van der Waals surface area contributed by atoms with Gasteiger partial charge in [-0.2, -0.15) is 10.2 Å². The minimum absolute atomic E-state index is 0.185. The van der Waals surface area contributed by atoms with Gasteiger partial charge in [0, 0.05) is 56.0 Å². The van der Waals surface area contributed by atoms with Crippen LogP contribution in [0.4, 0.5) is 0 Å². The second kappa shape index (κ2) is 6.10. The Morgan fingerprint density at radius 3 is 2.90 bits per heavy atom. The Balaban J connectivity index is 1.54. The second-order valence-electron chi connectivity index (χ2n) is 8.01. The molecule has 3 aromatic heterocycles.